The minimum Gasteiger partial charge on any atom is -0.287 e. The molecule has 1 aromatic carbocycles. The van der Waals surface area contributed by atoms with E-state index in [0.717, 1.165) is 5.56 Å². The van der Waals surface area contributed by atoms with E-state index in [1.54, 1.807) is 39.0 Å². The van der Waals surface area contributed by atoms with Crippen LogP contribution in [0, 0.1) is 18.3 Å². The third-order valence-electron chi connectivity index (χ3n) is 4.48. The first kappa shape index (κ1) is 19.9. The average molecular weight is 389 g/mol. The van der Waals surface area contributed by atoms with Crippen LogP contribution >= 0.6 is 0 Å². The Balaban J connectivity index is 2.29. The van der Waals surface area contributed by atoms with Crippen molar-refractivity contribution in [3.63, 3.8) is 0 Å². The molecule has 146 valence electrons. The van der Waals surface area contributed by atoms with E-state index < -0.39 is 17.0 Å². The Bertz CT molecular complexity index is 1230. The van der Waals surface area contributed by atoms with Gasteiger partial charge in [-0.05, 0) is 48.2 Å². The summed E-state index contributed by atoms with van der Waals surface area (Å²) in [5, 5.41) is 16.7. The number of hydrogen-bond donors (Lipinski definition) is 1. The van der Waals surface area contributed by atoms with Crippen LogP contribution < -0.4 is 11.2 Å². The van der Waals surface area contributed by atoms with Crippen LogP contribution in [0.25, 0.3) is 0 Å². The molecule has 0 aliphatic heterocycles. The molecule has 1 N–H and O–H groups in total. The predicted octanol–water partition coefficient (Wildman–Crippen LogP) is 1.91. The summed E-state index contributed by atoms with van der Waals surface area (Å²) in [5.41, 5.74) is 0.914. The van der Waals surface area contributed by atoms with Gasteiger partial charge >= 0.3 is 5.69 Å². The number of nitrogens with one attached hydrogen (secondary N) is 1. The molecule has 8 nitrogen and oxygen atoms in total. The fourth-order valence-corrected chi connectivity index (χ4v) is 3.23. The van der Waals surface area contributed by atoms with E-state index in [1.165, 1.54) is 23.0 Å². The molecule has 2 aromatic heterocycles. The molecule has 0 aliphatic rings. The molecule has 3 aromatic rings. The maximum atomic E-state index is 13.5. The summed E-state index contributed by atoms with van der Waals surface area (Å²) in [6.45, 7) is 5.37. The van der Waals surface area contributed by atoms with Crippen LogP contribution in [0.1, 0.15) is 58.1 Å². The molecular weight excluding hydrogens is 370 g/mol. The summed E-state index contributed by atoms with van der Waals surface area (Å²) >= 11 is 0. The molecule has 0 atom stereocenters. The van der Waals surface area contributed by atoms with Crippen molar-refractivity contribution in [3.8, 4) is 6.07 Å². The summed E-state index contributed by atoms with van der Waals surface area (Å²) in [6.07, 6.45) is 2.97. The van der Waals surface area contributed by atoms with E-state index in [9.17, 15) is 19.6 Å². The molecule has 0 bridgehead atoms. The van der Waals surface area contributed by atoms with Gasteiger partial charge in [-0.3, -0.25) is 19.1 Å². The van der Waals surface area contributed by atoms with Gasteiger partial charge in [0, 0.05) is 17.3 Å². The molecule has 3 rings (SSSR count). The molecule has 0 saturated carbocycles. The highest BCUT2D eigenvalue weighted by molar-refractivity contribution is 6.09. The summed E-state index contributed by atoms with van der Waals surface area (Å²) in [5.74, 6) is -0.792. The van der Waals surface area contributed by atoms with Gasteiger partial charge in [-0.25, -0.2) is 4.79 Å². The van der Waals surface area contributed by atoms with Crippen molar-refractivity contribution in [1.82, 2.24) is 19.7 Å². The van der Waals surface area contributed by atoms with Gasteiger partial charge in [-0.2, -0.15) is 15.5 Å². The smallest absolute Gasteiger partial charge is 0.287 e. The minimum absolute atomic E-state index is 0.0139. The second-order valence-electron chi connectivity index (χ2n) is 7.04. The summed E-state index contributed by atoms with van der Waals surface area (Å²) in [7, 11) is 0. The number of H-pyrrole nitrogens is 1. The van der Waals surface area contributed by atoms with E-state index >= 15 is 0 Å². The quantitative estimate of drug-likeness (QED) is 0.665. The number of ketones is 1. The van der Waals surface area contributed by atoms with Gasteiger partial charge < -0.3 is 0 Å². The fourth-order valence-electron chi connectivity index (χ4n) is 3.23. The summed E-state index contributed by atoms with van der Waals surface area (Å²) < 4.78 is 1.24. The Morgan fingerprint density at radius 1 is 1.24 bits per heavy atom. The molecule has 0 amide bonds. The zero-order valence-electron chi connectivity index (χ0n) is 16.3. The molecule has 0 aliphatic carbocycles. The number of carbonyl (C=O) groups is 1. The predicted molar refractivity (Wildman–Crippen MR) is 106 cm³/mol. The highest BCUT2D eigenvalue weighted by atomic mass is 16.2. The van der Waals surface area contributed by atoms with Gasteiger partial charge in [-0.1, -0.05) is 13.8 Å². The fraction of sp³-hybridized carbons (Fsp3) is 0.238. The van der Waals surface area contributed by atoms with Crippen molar-refractivity contribution in [2.24, 2.45) is 0 Å². The standard InChI is InChI=1S/C21H19N5O3/c1-12(2)17-18(19(27)16-7-13(3)6-15(8-16)9-22)26(21(29)25-20(17)28)11-14-4-5-23-24-10-14/h4-8,10,12H,11H2,1-3H3,(H,25,28,29). The molecule has 0 saturated heterocycles. The zero-order valence-corrected chi connectivity index (χ0v) is 16.3. The number of rotatable bonds is 5. The van der Waals surface area contributed by atoms with Crippen LogP contribution in [0.5, 0.6) is 0 Å². The van der Waals surface area contributed by atoms with Crippen molar-refractivity contribution in [3.05, 3.63) is 91.0 Å². The van der Waals surface area contributed by atoms with E-state index in [-0.39, 0.29) is 29.3 Å². The number of aryl methyl sites for hydroxylation is 1. The van der Waals surface area contributed by atoms with Gasteiger partial charge in [0.2, 0.25) is 5.78 Å². The van der Waals surface area contributed by atoms with Gasteiger partial charge in [-0.15, -0.1) is 0 Å². The summed E-state index contributed by atoms with van der Waals surface area (Å²) in [6, 6.07) is 8.46. The molecule has 2 heterocycles. The molecule has 0 unspecified atom stereocenters. The van der Waals surface area contributed by atoms with Crippen LogP contribution in [0.15, 0.2) is 46.2 Å². The first-order valence-corrected chi connectivity index (χ1v) is 9.01. The van der Waals surface area contributed by atoms with Crippen LogP contribution in [0.4, 0.5) is 0 Å². The third-order valence-corrected chi connectivity index (χ3v) is 4.48. The number of aromatic nitrogens is 4. The summed E-state index contributed by atoms with van der Waals surface area (Å²) in [4.78, 5) is 40.9. The van der Waals surface area contributed by atoms with Crippen molar-refractivity contribution < 1.29 is 4.79 Å². The maximum absolute atomic E-state index is 13.5. The van der Waals surface area contributed by atoms with Crippen molar-refractivity contribution >= 4 is 5.78 Å². The van der Waals surface area contributed by atoms with Crippen LogP contribution in [-0.4, -0.2) is 25.5 Å². The Kier molecular flexibility index (Phi) is 5.50. The normalized spacial score (nSPS) is 10.7. The number of benzene rings is 1. The van der Waals surface area contributed by atoms with E-state index in [0.29, 0.717) is 11.1 Å². The first-order chi connectivity index (χ1) is 13.8. The lowest BCUT2D eigenvalue weighted by Gasteiger charge is -2.17. The Hall–Kier alpha value is -3.86. The van der Waals surface area contributed by atoms with E-state index in [4.69, 9.17) is 0 Å². The number of hydrogen-bond acceptors (Lipinski definition) is 6. The molecule has 0 spiro atoms. The number of nitrogens with zero attached hydrogens (tertiary/aromatic N) is 4. The topological polar surface area (TPSA) is 122 Å². The highest BCUT2D eigenvalue weighted by Crippen LogP contribution is 2.20. The van der Waals surface area contributed by atoms with Crippen molar-refractivity contribution in [2.45, 2.75) is 33.2 Å². The Morgan fingerprint density at radius 2 is 2.00 bits per heavy atom. The lowest BCUT2D eigenvalue weighted by atomic mass is 9.95. The van der Waals surface area contributed by atoms with Crippen molar-refractivity contribution in [2.75, 3.05) is 0 Å². The van der Waals surface area contributed by atoms with Crippen LogP contribution in [0.2, 0.25) is 0 Å². The lowest BCUT2D eigenvalue weighted by Crippen LogP contribution is -2.38. The average Bonchev–Trinajstić information content (AvgIpc) is 2.69. The largest absolute Gasteiger partial charge is 0.329 e. The number of aromatic amines is 1. The SMILES string of the molecule is Cc1cc(C#N)cc(C(=O)c2c(C(C)C)c(=O)[nH]c(=O)n2Cc2ccnnc2)c1. The Labute approximate surface area is 166 Å². The van der Waals surface area contributed by atoms with Crippen molar-refractivity contribution in [1.29, 1.82) is 5.26 Å². The van der Waals surface area contributed by atoms with E-state index in [2.05, 4.69) is 15.2 Å². The molecule has 8 heteroatoms. The molecule has 0 fully saturated rings. The number of nitriles is 1. The molecule has 0 radical (unpaired) electrons. The molecule has 29 heavy (non-hydrogen) atoms. The van der Waals surface area contributed by atoms with Gasteiger partial charge in [0.1, 0.15) is 5.69 Å². The third kappa shape index (κ3) is 4.04. The van der Waals surface area contributed by atoms with Gasteiger partial charge in [0.05, 0.1) is 24.4 Å². The maximum Gasteiger partial charge on any atom is 0.329 e. The monoisotopic (exact) mass is 389 g/mol. The van der Waals surface area contributed by atoms with Gasteiger partial charge in [0.15, 0.2) is 0 Å². The lowest BCUT2D eigenvalue weighted by molar-refractivity contribution is 0.102. The van der Waals surface area contributed by atoms with E-state index in [1.807, 2.05) is 6.07 Å². The molecular formula is C21H19N5O3. The van der Waals surface area contributed by atoms with Crippen LogP contribution in [0.3, 0.4) is 0 Å². The first-order valence-electron chi connectivity index (χ1n) is 9.01. The second kappa shape index (κ2) is 8.02. The number of carbonyl (C=O) groups excluding carboxylic acids is 1. The minimum atomic E-state index is -0.687. The highest BCUT2D eigenvalue weighted by Gasteiger charge is 2.25. The second-order valence-corrected chi connectivity index (χ2v) is 7.04. The van der Waals surface area contributed by atoms with Crippen LogP contribution in [-0.2, 0) is 6.54 Å². The van der Waals surface area contributed by atoms with Gasteiger partial charge in [0.25, 0.3) is 5.56 Å². The Morgan fingerprint density at radius 3 is 2.62 bits per heavy atom. The zero-order chi connectivity index (χ0) is 21.1.